The SMILES string of the molecule is [2H]/C(Cl)=C(/[2H])Cl. The lowest BCUT2D eigenvalue weighted by molar-refractivity contribution is 2.51. The minimum Gasteiger partial charge on any atom is -0.0920 e. The quantitative estimate of drug-likeness (QED) is 0.435. The van der Waals surface area contributed by atoms with E-state index in [9.17, 15) is 0 Å². The first-order chi connectivity index (χ1) is 2.64. The molecule has 0 saturated carbocycles. The highest BCUT2D eigenvalue weighted by molar-refractivity contribution is 6.33. The molecule has 0 unspecified atom stereocenters. The van der Waals surface area contributed by atoms with Gasteiger partial charge in [-0.2, -0.15) is 0 Å². The first-order valence-corrected chi connectivity index (χ1v) is 1.38. The molecule has 0 fully saturated rings. The first-order valence-electron chi connectivity index (χ1n) is 1.63. The largest absolute Gasteiger partial charge is 0.0920 e. The molecule has 0 aliphatic rings. The van der Waals surface area contributed by atoms with Gasteiger partial charge < -0.3 is 0 Å². The smallest absolute Gasteiger partial charge is 0.0764 e. The summed E-state index contributed by atoms with van der Waals surface area (Å²) in [6.07, 6.45) is 0. The van der Waals surface area contributed by atoms with Gasteiger partial charge in [0, 0.05) is 11.0 Å². The summed E-state index contributed by atoms with van der Waals surface area (Å²) < 4.78 is 12.7. The Morgan fingerprint density at radius 2 is 1.75 bits per heavy atom. The van der Waals surface area contributed by atoms with Crippen LogP contribution in [0.4, 0.5) is 0 Å². The van der Waals surface area contributed by atoms with Crippen LogP contribution in [0.1, 0.15) is 2.74 Å². The standard InChI is InChI=1S/C2H2Cl2/c3-1-2-4/h1-2H/b2-1+/i1D,2D. The molecule has 0 spiro atoms. The lowest BCUT2D eigenvalue weighted by Crippen LogP contribution is -1.11. The molecule has 0 aliphatic heterocycles. The maximum Gasteiger partial charge on any atom is 0.0764 e. The normalized spacial score (nSPS) is 21.5. The Labute approximate surface area is 37.8 Å². The van der Waals surface area contributed by atoms with Crippen LogP contribution in [0.3, 0.4) is 0 Å². The highest BCUT2D eigenvalue weighted by atomic mass is 35.5. The van der Waals surface area contributed by atoms with Crippen molar-refractivity contribution in [3.63, 3.8) is 0 Å². The van der Waals surface area contributed by atoms with Gasteiger partial charge in [0.05, 0.1) is 2.74 Å². The van der Waals surface area contributed by atoms with Crippen LogP contribution in [0.5, 0.6) is 0 Å². The number of hydrogen-bond donors (Lipinski definition) is 0. The first kappa shape index (κ1) is 1.68. The Hall–Kier alpha value is 0.320. The van der Waals surface area contributed by atoms with Gasteiger partial charge in [0.25, 0.3) is 0 Å². The predicted molar refractivity (Wildman–Crippen MR) is 20.8 cm³/mol. The summed E-state index contributed by atoms with van der Waals surface area (Å²) in [6.45, 7) is 0. The van der Waals surface area contributed by atoms with Crippen molar-refractivity contribution >= 4 is 23.2 Å². The molecule has 0 bridgehead atoms. The fourth-order valence-corrected chi connectivity index (χ4v) is 0. The van der Waals surface area contributed by atoms with Gasteiger partial charge in [-0.15, -0.1) is 0 Å². The van der Waals surface area contributed by atoms with E-state index >= 15 is 0 Å². The van der Waals surface area contributed by atoms with E-state index in [1.54, 1.807) is 0 Å². The summed E-state index contributed by atoms with van der Waals surface area (Å²) in [5.74, 6) is 0. The summed E-state index contributed by atoms with van der Waals surface area (Å²) in [5.41, 5.74) is -0.840. The molecule has 0 atom stereocenters. The maximum absolute atomic E-state index is 6.36. The van der Waals surface area contributed by atoms with Gasteiger partial charge in [0.15, 0.2) is 0 Å². The number of hydrogen-bond acceptors (Lipinski definition) is 0. The molecule has 0 amide bonds. The van der Waals surface area contributed by atoms with E-state index in [0.29, 0.717) is 0 Å². The van der Waals surface area contributed by atoms with Gasteiger partial charge in [0.2, 0.25) is 0 Å². The van der Waals surface area contributed by atoms with Gasteiger partial charge >= 0.3 is 0 Å². The average Bonchev–Trinajstić information content (AvgIpc) is 1.36. The third-order valence-corrected chi connectivity index (χ3v) is 0.321. The second-order valence-electron chi connectivity index (χ2n) is 0.189. The van der Waals surface area contributed by atoms with Crippen LogP contribution in [0.15, 0.2) is 11.0 Å². The molecule has 0 aliphatic carbocycles. The summed E-state index contributed by atoms with van der Waals surface area (Å²) in [6, 6.07) is 0. The molecule has 0 radical (unpaired) electrons. The zero-order chi connectivity index (χ0) is 5.15. The zero-order valence-electron chi connectivity index (χ0n) is 3.76. The minimum atomic E-state index is -0.420. The van der Waals surface area contributed by atoms with Crippen LogP contribution in [0.2, 0.25) is 0 Å². The molecule has 0 heterocycles. The van der Waals surface area contributed by atoms with Crippen LogP contribution in [0, 0.1) is 0 Å². The van der Waals surface area contributed by atoms with Crippen molar-refractivity contribution in [1.29, 1.82) is 0 Å². The van der Waals surface area contributed by atoms with Crippen molar-refractivity contribution in [3.05, 3.63) is 11.0 Å². The van der Waals surface area contributed by atoms with Gasteiger partial charge in [-0.3, -0.25) is 0 Å². The average molecular weight is 99.0 g/mol. The minimum absolute atomic E-state index is 0.420. The highest BCUT2D eigenvalue weighted by Crippen LogP contribution is 1.78. The summed E-state index contributed by atoms with van der Waals surface area (Å²) >= 11 is 9.68. The van der Waals surface area contributed by atoms with Crippen molar-refractivity contribution in [3.8, 4) is 0 Å². The monoisotopic (exact) mass is 98.0 g/mol. The second-order valence-corrected chi connectivity index (χ2v) is 0.567. The van der Waals surface area contributed by atoms with Crippen molar-refractivity contribution in [2.45, 2.75) is 0 Å². The topological polar surface area (TPSA) is 0 Å². The molecule has 4 heavy (non-hydrogen) atoms. The Morgan fingerprint density at radius 1 is 1.50 bits per heavy atom. The molecule has 0 N–H and O–H groups in total. The van der Waals surface area contributed by atoms with E-state index in [1.807, 2.05) is 0 Å². The van der Waals surface area contributed by atoms with Crippen molar-refractivity contribution in [2.24, 2.45) is 0 Å². The van der Waals surface area contributed by atoms with Crippen molar-refractivity contribution in [2.75, 3.05) is 0 Å². The molecule has 0 saturated heterocycles. The van der Waals surface area contributed by atoms with Crippen LogP contribution in [-0.2, 0) is 0 Å². The Kier molecular flexibility index (Phi) is 1.40. The van der Waals surface area contributed by atoms with Crippen LogP contribution in [0.25, 0.3) is 0 Å². The molecule has 24 valence electrons. The second kappa shape index (κ2) is 3.32. The summed E-state index contributed by atoms with van der Waals surface area (Å²) in [5, 5.41) is 0. The Morgan fingerprint density at radius 3 is 1.75 bits per heavy atom. The molecule has 0 rings (SSSR count). The van der Waals surface area contributed by atoms with E-state index in [-0.39, 0.29) is 0 Å². The van der Waals surface area contributed by atoms with Gasteiger partial charge in [-0.05, 0) is 0 Å². The van der Waals surface area contributed by atoms with Crippen LogP contribution in [-0.4, -0.2) is 0 Å². The Balaban J connectivity index is 3.68. The molecule has 0 aromatic heterocycles. The third kappa shape index (κ3) is 2.32. The van der Waals surface area contributed by atoms with Gasteiger partial charge in [-0.1, -0.05) is 23.2 Å². The molecular weight excluding hydrogens is 94.9 g/mol. The van der Waals surface area contributed by atoms with Crippen LogP contribution >= 0.6 is 23.2 Å². The zero-order valence-corrected chi connectivity index (χ0v) is 3.27. The molecule has 0 nitrogen and oxygen atoms in total. The molecular formula is C2H2Cl2. The molecule has 2 heteroatoms. The lowest BCUT2D eigenvalue weighted by Gasteiger charge is -1.44. The molecule has 0 aromatic rings. The predicted octanol–water partition coefficient (Wildman–Crippen LogP) is 1.94. The van der Waals surface area contributed by atoms with Gasteiger partial charge in [-0.25, -0.2) is 0 Å². The van der Waals surface area contributed by atoms with Crippen molar-refractivity contribution < 1.29 is 2.74 Å². The van der Waals surface area contributed by atoms with Crippen LogP contribution < -0.4 is 0 Å². The fraction of sp³-hybridized carbons (Fsp3) is 0. The Bertz CT molecular complexity index is 59.6. The maximum atomic E-state index is 6.36. The van der Waals surface area contributed by atoms with E-state index in [4.69, 9.17) is 25.9 Å². The lowest BCUT2D eigenvalue weighted by atomic mass is 11.3. The van der Waals surface area contributed by atoms with E-state index in [0.717, 1.165) is 0 Å². The third-order valence-electron chi connectivity index (χ3n) is 0.0357. The number of rotatable bonds is 0. The van der Waals surface area contributed by atoms with E-state index < -0.39 is 11.0 Å². The van der Waals surface area contributed by atoms with Gasteiger partial charge in [0.1, 0.15) is 0 Å². The van der Waals surface area contributed by atoms with Crippen molar-refractivity contribution in [1.82, 2.24) is 0 Å². The number of halogens is 2. The summed E-state index contributed by atoms with van der Waals surface area (Å²) in [7, 11) is 0. The van der Waals surface area contributed by atoms with E-state index in [1.165, 1.54) is 0 Å². The fourth-order valence-electron chi connectivity index (χ4n) is 0. The summed E-state index contributed by atoms with van der Waals surface area (Å²) in [4.78, 5) is 0. The highest BCUT2D eigenvalue weighted by Gasteiger charge is 1.40. The van der Waals surface area contributed by atoms with E-state index in [2.05, 4.69) is 0 Å². The molecule has 0 aromatic carbocycles.